The molecule has 2 fully saturated rings. The maximum Gasteiger partial charge on any atom is 0.471 e. The number of carbonyl (C=O) groups excluding carboxylic acids is 3. The van der Waals surface area contributed by atoms with E-state index in [4.69, 9.17) is 0 Å². The summed E-state index contributed by atoms with van der Waals surface area (Å²) in [6.45, 7) is 4.82. The van der Waals surface area contributed by atoms with Crippen LogP contribution < -0.4 is 10.6 Å². The van der Waals surface area contributed by atoms with Crippen molar-refractivity contribution in [3.05, 3.63) is 36.2 Å². The lowest BCUT2D eigenvalue weighted by molar-refractivity contribution is -0.176. The Hall–Kier alpha value is -3.75. The number of fused-ring (bicyclic) bond motifs is 2. The lowest BCUT2D eigenvalue weighted by Gasteiger charge is -2.36. The summed E-state index contributed by atoms with van der Waals surface area (Å²) in [6, 6.07) is 5.49. The van der Waals surface area contributed by atoms with Gasteiger partial charge in [0, 0.05) is 17.3 Å². The summed E-state index contributed by atoms with van der Waals surface area (Å²) in [5.41, 5.74) is -0.812. The first kappa shape index (κ1) is 27.3. The number of hydrogen-bond acceptors (Lipinski definition) is 6. The van der Waals surface area contributed by atoms with Crippen LogP contribution in [0.25, 0.3) is 10.8 Å². The molecule has 2 N–H and O–H groups in total. The Morgan fingerprint density at radius 1 is 1.13 bits per heavy atom. The van der Waals surface area contributed by atoms with Gasteiger partial charge in [-0.15, -0.1) is 0 Å². The Morgan fingerprint density at radius 3 is 2.50 bits per heavy atom. The molecule has 5 atom stereocenters. The summed E-state index contributed by atoms with van der Waals surface area (Å²) in [5, 5.41) is 23.8. The van der Waals surface area contributed by atoms with Gasteiger partial charge in [0.1, 0.15) is 17.8 Å². The summed E-state index contributed by atoms with van der Waals surface area (Å²) < 4.78 is 39.1. The molecule has 2 heterocycles. The standard InChI is InChI=1S/C26H29F3N6O3/c1-25(2,3)21(33-24(38)26(27,28)29)23(37)35-13-15-8-6-10-17(15)20(35)22(36)32-18(11-30)19-16-9-5-4-7-14(16)12-31-34-19/h4-5,7,9,12,15,17-18,20-21H,6,8,10,13H2,1-3H3,(H,32,36)(H,33,38)/t15-,17-,18?,20-,21?/m0/s1. The first-order valence-corrected chi connectivity index (χ1v) is 12.4. The molecule has 9 nitrogen and oxygen atoms in total. The van der Waals surface area contributed by atoms with E-state index in [1.54, 1.807) is 45.0 Å². The summed E-state index contributed by atoms with van der Waals surface area (Å²) in [7, 11) is 0. The molecule has 0 bridgehead atoms. The van der Waals surface area contributed by atoms with Crippen LogP contribution >= 0.6 is 0 Å². The van der Waals surface area contributed by atoms with Gasteiger partial charge in [0.25, 0.3) is 0 Å². The monoisotopic (exact) mass is 530 g/mol. The van der Waals surface area contributed by atoms with Gasteiger partial charge < -0.3 is 15.5 Å². The second-order valence-corrected chi connectivity index (χ2v) is 10.9. The highest BCUT2D eigenvalue weighted by atomic mass is 19.4. The van der Waals surface area contributed by atoms with E-state index in [1.807, 2.05) is 11.4 Å². The molecule has 12 heteroatoms. The van der Waals surface area contributed by atoms with E-state index in [9.17, 15) is 32.8 Å². The number of hydrogen-bond donors (Lipinski definition) is 2. The number of nitriles is 1. The average Bonchev–Trinajstić information content (AvgIpc) is 3.45. The number of nitrogens with zero attached hydrogens (tertiary/aromatic N) is 4. The molecule has 3 amide bonds. The number of likely N-dealkylation sites (tertiary alicyclic amines) is 1. The zero-order chi connectivity index (χ0) is 27.8. The number of rotatable bonds is 5. The fourth-order valence-corrected chi connectivity index (χ4v) is 5.55. The van der Waals surface area contributed by atoms with Crippen molar-refractivity contribution in [3.63, 3.8) is 0 Å². The van der Waals surface area contributed by atoms with E-state index < -0.39 is 47.4 Å². The number of halogens is 3. The highest BCUT2D eigenvalue weighted by molar-refractivity contribution is 5.94. The number of carbonyl (C=O) groups is 3. The van der Waals surface area contributed by atoms with Crippen molar-refractivity contribution in [3.8, 4) is 6.07 Å². The molecule has 4 rings (SSSR count). The molecule has 1 aliphatic heterocycles. The average molecular weight is 531 g/mol. The summed E-state index contributed by atoms with van der Waals surface area (Å²) in [4.78, 5) is 40.4. The largest absolute Gasteiger partial charge is 0.471 e. The van der Waals surface area contributed by atoms with Gasteiger partial charge in [0.15, 0.2) is 6.04 Å². The van der Waals surface area contributed by atoms with E-state index in [0.29, 0.717) is 11.8 Å². The van der Waals surface area contributed by atoms with Crippen LogP contribution in [0.3, 0.4) is 0 Å². The highest BCUT2D eigenvalue weighted by Gasteiger charge is 2.53. The van der Waals surface area contributed by atoms with Gasteiger partial charge in [0.05, 0.1) is 12.3 Å². The minimum Gasteiger partial charge on any atom is -0.336 e. The molecule has 1 saturated heterocycles. The van der Waals surface area contributed by atoms with Gasteiger partial charge >= 0.3 is 12.1 Å². The molecular weight excluding hydrogens is 501 g/mol. The van der Waals surface area contributed by atoms with E-state index >= 15 is 0 Å². The van der Waals surface area contributed by atoms with Crippen LogP contribution in [-0.4, -0.2) is 57.6 Å². The predicted octanol–water partition coefficient (Wildman–Crippen LogP) is 3.03. The Kier molecular flexibility index (Phi) is 7.32. The molecular formula is C26H29F3N6O3. The van der Waals surface area contributed by atoms with Crippen molar-refractivity contribution < 1.29 is 27.6 Å². The normalized spacial score (nSPS) is 22.9. The molecule has 0 spiro atoms. The van der Waals surface area contributed by atoms with E-state index in [0.717, 1.165) is 18.2 Å². The van der Waals surface area contributed by atoms with Crippen LogP contribution in [0.4, 0.5) is 13.2 Å². The Labute approximate surface area is 217 Å². The van der Waals surface area contributed by atoms with Gasteiger partial charge in [-0.05, 0) is 30.1 Å². The molecule has 0 radical (unpaired) electrons. The van der Waals surface area contributed by atoms with Crippen molar-refractivity contribution in [2.24, 2.45) is 17.3 Å². The molecule has 1 aliphatic carbocycles. The van der Waals surface area contributed by atoms with Gasteiger partial charge in [-0.1, -0.05) is 51.5 Å². The molecule has 2 aliphatic rings. The van der Waals surface area contributed by atoms with E-state index in [2.05, 4.69) is 15.5 Å². The molecule has 2 unspecified atom stereocenters. The van der Waals surface area contributed by atoms with Gasteiger partial charge in [0.2, 0.25) is 11.8 Å². The lowest BCUT2D eigenvalue weighted by Crippen LogP contribution is -2.60. The van der Waals surface area contributed by atoms with Crippen LogP contribution in [0.5, 0.6) is 0 Å². The second-order valence-electron chi connectivity index (χ2n) is 10.9. The highest BCUT2D eigenvalue weighted by Crippen LogP contribution is 2.43. The number of nitrogens with one attached hydrogen (secondary N) is 2. The number of aromatic nitrogens is 2. The van der Waals surface area contributed by atoms with Crippen LogP contribution in [0, 0.1) is 28.6 Å². The lowest BCUT2D eigenvalue weighted by atomic mass is 9.85. The summed E-state index contributed by atoms with van der Waals surface area (Å²) >= 11 is 0. The van der Waals surface area contributed by atoms with Crippen molar-refractivity contribution in [2.75, 3.05) is 6.54 Å². The van der Waals surface area contributed by atoms with E-state index in [-0.39, 0.29) is 24.1 Å². The SMILES string of the molecule is CC(C)(C)C(NC(=O)C(F)(F)F)C(=O)N1C[C@@H]2CCC[C@@H]2[C@H]1C(=O)NC(C#N)c1nncc2ccccc12. The predicted molar refractivity (Wildman–Crippen MR) is 130 cm³/mol. The van der Waals surface area contributed by atoms with Gasteiger partial charge in [-0.3, -0.25) is 14.4 Å². The summed E-state index contributed by atoms with van der Waals surface area (Å²) in [6.07, 6.45) is -1.35. The Bertz CT molecular complexity index is 1280. The quantitative estimate of drug-likeness (QED) is 0.612. The second kappa shape index (κ2) is 10.2. The van der Waals surface area contributed by atoms with Crippen LogP contribution in [0.2, 0.25) is 0 Å². The maximum atomic E-state index is 13.7. The fraction of sp³-hybridized carbons (Fsp3) is 0.538. The van der Waals surface area contributed by atoms with Gasteiger partial charge in [-0.2, -0.15) is 28.6 Å². The molecule has 1 saturated carbocycles. The zero-order valence-corrected chi connectivity index (χ0v) is 21.2. The molecule has 1 aromatic carbocycles. The number of amides is 3. The number of alkyl halides is 3. The Balaban J connectivity index is 1.63. The molecule has 38 heavy (non-hydrogen) atoms. The number of benzene rings is 1. The van der Waals surface area contributed by atoms with Crippen molar-refractivity contribution in [1.29, 1.82) is 5.26 Å². The molecule has 2 aromatic rings. The van der Waals surface area contributed by atoms with Crippen LogP contribution in [-0.2, 0) is 14.4 Å². The molecule has 1 aromatic heterocycles. The topological polar surface area (TPSA) is 128 Å². The summed E-state index contributed by atoms with van der Waals surface area (Å²) in [5.74, 6) is -3.79. The first-order valence-electron chi connectivity index (χ1n) is 12.4. The minimum atomic E-state index is -5.17. The third kappa shape index (κ3) is 5.28. The fourth-order valence-electron chi connectivity index (χ4n) is 5.55. The van der Waals surface area contributed by atoms with E-state index in [1.165, 1.54) is 11.1 Å². The first-order chi connectivity index (χ1) is 17.8. The minimum absolute atomic E-state index is 0.00785. The third-order valence-electron chi connectivity index (χ3n) is 7.38. The molecule has 202 valence electrons. The van der Waals surface area contributed by atoms with Crippen molar-refractivity contribution in [1.82, 2.24) is 25.7 Å². The zero-order valence-electron chi connectivity index (χ0n) is 21.2. The van der Waals surface area contributed by atoms with Gasteiger partial charge in [-0.25, -0.2) is 0 Å². The third-order valence-corrected chi connectivity index (χ3v) is 7.38. The van der Waals surface area contributed by atoms with Crippen molar-refractivity contribution >= 4 is 28.5 Å². The van der Waals surface area contributed by atoms with Crippen molar-refractivity contribution in [2.45, 2.75) is 64.3 Å². The maximum absolute atomic E-state index is 13.7. The smallest absolute Gasteiger partial charge is 0.336 e. The van der Waals surface area contributed by atoms with Crippen LogP contribution in [0.15, 0.2) is 30.5 Å². The van der Waals surface area contributed by atoms with Crippen LogP contribution in [0.1, 0.15) is 51.8 Å². The Morgan fingerprint density at radius 2 is 1.84 bits per heavy atom.